The van der Waals surface area contributed by atoms with Gasteiger partial charge in [-0.25, -0.2) is 4.84 Å². The molecule has 4 heteroatoms. The Bertz CT molecular complexity index is 438. The highest BCUT2D eigenvalue weighted by atomic mass is 16.7. The van der Waals surface area contributed by atoms with Gasteiger partial charge in [0, 0.05) is 0 Å². The molecule has 0 aliphatic carbocycles. The minimum Gasteiger partial charge on any atom is -0.266 e. The van der Waals surface area contributed by atoms with Gasteiger partial charge in [-0.3, -0.25) is 9.59 Å². The second-order valence-corrected chi connectivity index (χ2v) is 2.93. The number of terminal acetylenes is 1. The molecule has 1 heterocycles. The normalized spacial score (nSPS) is 13.9. The van der Waals surface area contributed by atoms with E-state index >= 15 is 0 Å². The first-order chi connectivity index (χ1) is 7.25. The molecule has 15 heavy (non-hydrogen) atoms. The largest absolute Gasteiger partial charge is 0.285 e. The first-order valence-electron chi connectivity index (χ1n) is 4.30. The van der Waals surface area contributed by atoms with Crippen molar-refractivity contribution in [3.8, 4) is 12.3 Å². The summed E-state index contributed by atoms with van der Waals surface area (Å²) in [6.45, 7) is -0.106. The van der Waals surface area contributed by atoms with E-state index in [2.05, 4.69) is 5.92 Å². The van der Waals surface area contributed by atoms with Crippen LogP contribution in [0.1, 0.15) is 20.7 Å². The van der Waals surface area contributed by atoms with Crippen molar-refractivity contribution in [1.29, 1.82) is 0 Å². The summed E-state index contributed by atoms with van der Waals surface area (Å²) in [5.74, 6) is 1.26. The third-order valence-electron chi connectivity index (χ3n) is 2.03. The van der Waals surface area contributed by atoms with Crippen molar-refractivity contribution in [1.82, 2.24) is 5.06 Å². The van der Waals surface area contributed by atoms with Crippen molar-refractivity contribution in [2.24, 2.45) is 0 Å². The maximum Gasteiger partial charge on any atom is 0.285 e. The number of amides is 2. The summed E-state index contributed by atoms with van der Waals surface area (Å²) in [6, 6.07) is 6.53. The Morgan fingerprint density at radius 3 is 2.20 bits per heavy atom. The van der Waals surface area contributed by atoms with E-state index in [0.717, 1.165) is 0 Å². The van der Waals surface area contributed by atoms with Crippen LogP contribution >= 0.6 is 0 Å². The van der Waals surface area contributed by atoms with Crippen molar-refractivity contribution < 1.29 is 14.4 Å². The second kappa shape index (κ2) is 3.56. The summed E-state index contributed by atoms with van der Waals surface area (Å²) in [6.07, 6.45) is 4.98. The van der Waals surface area contributed by atoms with Crippen LogP contribution in [0.5, 0.6) is 0 Å². The Morgan fingerprint density at radius 1 is 1.20 bits per heavy atom. The molecule has 0 saturated heterocycles. The predicted molar refractivity (Wildman–Crippen MR) is 51.7 cm³/mol. The smallest absolute Gasteiger partial charge is 0.266 e. The Balaban J connectivity index is 2.34. The van der Waals surface area contributed by atoms with Gasteiger partial charge in [-0.1, -0.05) is 18.1 Å². The fraction of sp³-hybridized carbons (Fsp3) is 0.0909. The van der Waals surface area contributed by atoms with E-state index in [4.69, 9.17) is 11.3 Å². The summed E-state index contributed by atoms with van der Waals surface area (Å²) >= 11 is 0. The molecule has 1 aliphatic rings. The van der Waals surface area contributed by atoms with Crippen molar-refractivity contribution in [2.45, 2.75) is 0 Å². The molecule has 0 aromatic heterocycles. The molecule has 0 spiro atoms. The van der Waals surface area contributed by atoms with Gasteiger partial charge in [0.2, 0.25) is 0 Å². The van der Waals surface area contributed by atoms with E-state index < -0.39 is 11.8 Å². The number of hydroxylamine groups is 2. The summed E-state index contributed by atoms with van der Waals surface area (Å²) in [5, 5.41) is 0.699. The average Bonchev–Trinajstić information content (AvgIpc) is 2.51. The summed E-state index contributed by atoms with van der Waals surface area (Å²) in [5.41, 5.74) is 0.694. The van der Waals surface area contributed by atoms with E-state index in [1.165, 1.54) is 0 Å². The second-order valence-electron chi connectivity index (χ2n) is 2.93. The van der Waals surface area contributed by atoms with Crippen LogP contribution in [0, 0.1) is 12.3 Å². The van der Waals surface area contributed by atoms with Gasteiger partial charge in [-0.2, -0.15) is 0 Å². The molecule has 0 N–H and O–H groups in total. The van der Waals surface area contributed by atoms with Crippen LogP contribution in [0.3, 0.4) is 0 Å². The number of fused-ring (bicyclic) bond motifs is 1. The molecule has 0 saturated carbocycles. The number of carbonyl (C=O) groups excluding carboxylic acids is 2. The number of benzene rings is 1. The first-order valence-corrected chi connectivity index (χ1v) is 4.30. The maximum absolute atomic E-state index is 11.6. The Hall–Kier alpha value is -2.12. The molecule has 1 aliphatic heterocycles. The molecule has 1 aromatic rings. The van der Waals surface area contributed by atoms with E-state index in [9.17, 15) is 9.59 Å². The SMILES string of the molecule is C#CCON1C(=O)c2ccccc2C1=O. The predicted octanol–water partition coefficient (Wildman–Crippen LogP) is 0.847. The van der Waals surface area contributed by atoms with Gasteiger partial charge in [0.15, 0.2) is 0 Å². The van der Waals surface area contributed by atoms with Gasteiger partial charge in [-0.05, 0) is 12.1 Å². The van der Waals surface area contributed by atoms with Crippen LogP contribution in [0.25, 0.3) is 0 Å². The van der Waals surface area contributed by atoms with Crippen molar-refractivity contribution in [2.75, 3.05) is 6.61 Å². The van der Waals surface area contributed by atoms with E-state index in [-0.39, 0.29) is 6.61 Å². The molecule has 0 atom stereocenters. The van der Waals surface area contributed by atoms with Gasteiger partial charge < -0.3 is 0 Å². The van der Waals surface area contributed by atoms with Gasteiger partial charge in [-0.15, -0.1) is 11.5 Å². The lowest BCUT2D eigenvalue weighted by Crippen LogP contribution is -2.30. The summed E-state index contributed by atoms with van der Waals surface area (Å²) in [4.78, 5) is 28.1. The quantitative estimate of drug-likeness (QED) is 0.526. The molecule has 1 aromatic carbocycles. The Morgan fingerprint density at radius 2 is 1.73 bits per heavy atom. The zero-order chi connectivity index (χ0) is 10.8. The lowest BCUT2D eigenvalue weighted by molar-refractivity contribution is -0.0781. The van der Waals surface area contributed by atoms with Gasteiger partial charge in [0.25, 0.3) is 11.8 Å². The third-order valence-corrected chi connectivity index (χ3v) is 2.03. The van der Waals surface area contributed by atoms with Gasteiger partial charge in [0.1, 0.15) is 6.61 Å². The van der Waals surface area contributed by atoms with Crippen molar-refractivity contribution in [3.05, 3.63) is 35.4 Å². The molecule has 0 bridgehead atoms. The molecule has 0 fully saturated rings. The lowest BCUT2D eigenvalue weighted by atomic mass is 10.1. The molecular formula is C11H7NO3. The molecule has 0 radical (unpaired) electrons. The highest BCUT2D eigenvalue weighted by Gasteiger charge is 2.36. The Kier molecular flexibility index (Phi) is 2.24. The maximum atomic E-state index is 11.6. The summed E-state index contributed by atoms with van der Waals surface area (Å²) in [7, 11) is 0. The fourth-order valence-electron chi connectivity index (χ4n) is 1.39. The zero-order valence-corrected chi connectivity index (χ0v) is 7.77. The highest BCUT2D eigenvalue weighted by molar-refractivity contribution is 6.20. The minimum atomic E-state index is -0.467. The van der Waals surface area contributed by atoms with Crippen molar-refractivity contribution >= 4 is 11.8 Å². The monoisotopic (exact) mass is 201 g/mol. The van der Waals surface area contributed by atoms with Crippen molar-refractivity contribution in [3.63, 3.8) is 0 Å². The van der Waals surface area contributed by atoms with Crippen LogP contribution in [-0.2, 0) is 4.84 Å². The first kappa shape index (κ1) is 9.44. The summed E-state index contributed by atoms with van der Waals surface area (Å²) < 4.78 is 0. The van der Waals surface area contributed by atoms with Gasteiger partial charge >= 0.3 is 0 Å². The van der Waals surface area contributed by atoms with E-state index in [1.54, 1.807) is 24.3 Å². The molecule has 74 valence electrons. The van der Waals surface area contributed by atoms with Gasteiger partial charge in [0.05, 0.1) is 11.1 Å². The van der Waals surface area contributed by atoms with Crippen LogP contribution in [0.4, 0.5) is 0 Å². The van der Waals surface area contributed by atoms with Crippen LogP contribution in [0.15, 0.2) is 24.3 Å². The lowest BCUT2D eigenvalue weighted by Gasteiger charge is -2.10. The van der Waals surface area contributed by atoms with Crippen LogP contribution in [-0.4, -0.2) is 23.5 Å². The topological polar surface area (TPSA) is 46.6 Å². The third kappa shape index (κ3) is 1.39. The number of nitrogens with zero attached hydrogens (tertiary/aromatic N) is 1. The average molecular weight is 201 g/mol. The van der Waals surface area contributed by atoms with Crippen LogP contribution in [0.2, 0.25) is 0 Å². The number of hydrogen-bond acceptors (Lipinski definition) is 3. The number of rotatable bonds is 2. The zero-order valence-electron chi connectivity index (χ0n) is 7.77. The highest BCUT2D eigenvalue weighted by Crippen LogP contribution is 2.22. The Labute approximate surface area is 86.4 Å². The van der Waals surface area contributed by atoms with E-state index in [0.29, 0.717) is 16.2 Å². The number of carbonyl (C=O) groups is 2. The number of imide groups is 1. The number of hydrogen-bond donors (Lipinski definition) is 0. The van der Waals surface area contributed by atoms with E-state index in [1.807, 2.05) is 0 Å². The molecule has 4 nitrogen and oxygen atoms in total. The minimum absolute atomic E-state index is 0.106. The molecular weight excluding hydrogens is 194 g/mol. The fourth-order valence-corrected chi connectivity index (χ4v) is 1.39. The van der Waals surface area contributed by atoms with Crippen LogP contribution < -0.4 is 0 Å². The molecule has 0 unspecified atom stereocenters. The standard InChI is InChI=1S/C11H7NO3/c1-2-7-15-12-10(13)8-5-3-4-6-9(8)11(12)14/h1,3-6H,7H2. The molecule has 2 amide bonds. The molecule has 2 rings (SSSR count).